The molecule has 0 unspecified atom stereocenters. The fourth-order valence-electron chi connectivity index (χ4n) is 2.07. The van der Waals surface area contributed by atoms with Gasteiger partial charge in [0.05, 0.1) is 11.5 Å². The molecule has 2 aromatic heterocycles. The summed E-state index contributed by atoms with van der Waals surface area (Å²) in [5.74, 6) is -1.05. The highest BCUT2D eigenvalue weighted by atomic mass is 19.1. The number of fused-ring (bicyclic) bond motifs is 1. The van der Waals surface area contributed by atoms with Gasteiger partial charge < -0.3 is 5.32 Å². The van der Waals surface area contributed by atoms with E-state index in [1.165, 1.54) is 6.07 Å². The number of pyridine rings is 1. The monoisotopic (exact) mass is 315 g/mol. The Labute approximate surface area is 128 Å². The number of hydrogen-bond acceptors (Lipinski definition) is 5. The van der Waals surface area contributed by atoms with Gasteiger partial charge in [0.2, 0.25) is 5.82 Å². The summed E-state index contributed by atoms with van der Waals surface area (Å²) in [5.41, 5.74) is -0.119. The molecule has 9 heteroatoms. The van der Waals surface area contributed by atoms with Crippen LogP contribution in [-0.4, -0.2) is 25.4 Å². The summed E-state index contributed by atoms with van der Waals surface area (Å²) >= 11 is 0. The quantitative estimate of drug-likeness (QED) is 0.583. The number of halogens is 1. The number of nitro benzene ring substituents is 1. The Bertz CT molecular complexity index is 908. The van der Waals surface area contributed by atoms with Crippen LogP contribution >= 0.6 is 0 Å². The lowest BCUT2D eigenvalue weighted by atomic mass is 10.2. The van der Waals surface area contributed by atoms with E-state index >= 15 is 0 Å². The predicted octanol–water partition coefficient (Wildman–Crippen LogP) is 1.71. The van der Waals surface area contributed by atoms with Gasteiger partial charge >= 0.3 is 5.69 Å². The Hall–Kier alpha value is -3.36. The maximum atomic E-state index is 13.3. The topological polar surface area (TPSA) is 102 Å². The molecule has 0 spiro atoms. The van der Waals surface area contributed by atoms with Crippen molar-refractivity contribution in [3.8, 4) is 0 Å². The van der Waals surface area contributed by atoms with Gasteiger partial charge in [-0.2, -0.15) is 4.39 Å². The van der Waals surface area contributed by atoms with E-state index in [0.717, 1.165) is 12.1 Å². The molecule has 1 N–H and O–H groups in total. The molecule has 3 aromatic rings. The summed E-state index contributed by atoms with van der Waals surface area (Å²) in [5, 5.41) is 21.2. The van der Waals surface area contributed by atoms with Gasteiger partial charge in [-0.25, -0.2) is 0 Å². The number of benzene rings is 1. The number of nitro groups is 1. The van der Waals surface area contributed by atoms with Crippen molar-refractivity contribution >= 4 is 17.2 Å². The van der Waals surface area contributed by atoms with Gasteiger partial charge in [0.25, 0.3) is 5.91 Å². The van der Waals surface area contributed by atoms with Crippen LogP contribution in [0.4, 0.5) is 10.1 Å². The molecule has 0 atom stereocenters. The number of aromatic nitrogens is 3. The van der Waals surface area contributed by atoms with Crippen molar-refractivity contribution in [3.63, 3.8) is 0 Å². The molecular weight excluding hydrogens is 305 g/mol. The molecule has 0 saturated heterocycles. The standard InChI is InChI=1S/C14H10FN5O3/c15-10-5-4-9(7-11(10)20(22)23)14(21)16-8-13-18-17-12-3-1-2-6-19(12)13/h1-7H,8H2,(H,16,21). The molecule has 116 valence electrons. The Kier molecular flexibility index (Phi) is 3.67. The van der Waals surface area contributed by atoms with E-state index in [2.05, 4.69) is 15.5 Å². The maximum Gasteiger partial charge on any atom is 0.305 e. The number of amides is 1. The smallest absolute Gasteiger partial charge is 0.305 e. The van der Waals surface area contributed by atoms with Gasteiger partial charge in [-0.3, -0.25) is 19.3 Å². The highest BCUT2D eigenvalue weighted by molar-refractivity contribution is 5.94. The highest BCUT2D eigenvalue weighted by Gasteiger charge is 2.17. The molecular formula is C14H10FN5O3. The molecule has 8 nitrogen and oxygen atoms in total. The second-order valence-electron chi connectivity index (χ2n) is 4.65. The van der Waals surface area contributed by atoms with Crippen molar-refractivity contribution in [2.45, 2.75) is 6.54 Å². The van der Waals surface area contributed by atoms with E-state index in [1.807, 2.05) is 6.07 Å². The summed E-state index contributed by atoms with van der Waals surface area (Å²) in [7, 11) is 0. The Morgan fingerprint density at radius 3 is 2.91 bits per heavy atom. The third kappa shape index (κ3) is 2.84. The van der Waals surface area contributed by atoms with Crippen molar-refractivity contribution in [1.82, 2.24) is 19.9 Å². The number of rotatable bonds is 4. The SMILES string of the molecule is O=C(NCc1nnc2ccccn12)c1ccc(F)c([N+](=O)[O-])c1. The molecule has 2 heterocycles. The summed E-state index contributed by atoms with van der Waals surface area (Å²) in [6.45, 7) is 0.0786. The summed E-state index contributed by atoms with van der Waals surface area (Å²) in [4.78, 5) is 21.9. The lowest BCUT2D eigenvalue weighted by molar-refractivity contribution is -0.387. The molecule has 0 aliphatic carbocycles. The summed E-state index contributed by atoms with van der Waals surface area (Å²) in [6, 6.07) is 8.34. The van der Waals surface area contributed by atoms with Gasteiger partial charge in [0, 0.05) is 17.8 Å². The van der Waals surface area contributed by atoms with Crippen LogP contribution in [0.2, 0.25) is 0 Å². The largest absolute Gasteiger partial charge is 0.345 e. The third-order valence-corrected chi connectivity index (χ3v) is 3.20. The van der Waals surface area contributed by atoms with E-state index in [-0.39, 0.29) is 12.1 Å². The van der Waals surface area contributed by atoms with E-state index < -0.39 is 22.3 Å². The van der Waals surface area contributed by atoms with Gasteiger partial charge in [-0.1, -0.05) is 6.07 Å². The number of hydrogen-bond donors (Lipinski definition) is 1. The number of nitrogens with zero attached hydrogens (tertiary/aromatic N) is 4. The first-order chi connectivity index (χ1) is 11.1. The third-order valence-electron chi connectivity index (χ3n) is 3.20. The lowest BCUT2D eigenvalue weighted by Crippen LogP contribution is -2.24. The van der Waals surface area contributed by atoms with Crippen LogP contribution in [0.25, 0.3) is 5.65 Å². The van der Waals surface area contributed by atoms with E-state index in [9.17, 15) is 19.3 Å². The van der Waals surface area contributed by atoms with Gasteiger partial charge in [0.15, 0.2) is 11.5 Å². The Morgan fingerprint density at radius 2 is 2.13 bits per heavy atom. The Morgan fingerprint density at radius 1 is 1.30 bits per heavy atom. The van der Waals surface area contributed by atoms with Crippen LogP contribution in [0, 0.1) is 15.9 Å². The van der Waals surface area contributed by atoms with Crippen LogP contribution < -0.4 is 5.32 Å². The maximum absolute atomic E-state index is 13.3. The summed E-state index contributed by atoms with van der Waals surface area (Å²) in [6.07, 6.45) is 1.75. The van der Waals surface area contributed by atoms with E-state index in [4.69, 9.17) is 0 Å². The number of carbonyl (C=O) groups excluding carboxylic acids is 1. The fourth-order valence-corrected chi connectivity index (χ4v) is 2.07. The van der Waals surface area contributed by atoms with Crippen molar-refractivity contribution < 1.29 is 14.1 Å². The average molecular weight is 315 g/mol. The van der Waals surface area contributed by atoms with Crippen LogP contribution in [0.3, 0.4) is 0 Å². The molecule has 0 bridgehead atoms. The fraction of sp³-hybridized carbons (Fsp3) is 0.0714. The van der Waals surface area contributed by atoms with E-state index in [0.29, 0.717) is 11.5 Å². The second-order valence-corrected chi connectivity index (χ2v) is 4.65. The molecule has 0 saturated carbocycles. The van der Waals surface area contributed by atoms with Gasteiger partial charge in [-0.05, 0) is 24.3 Å². The molecule has 0 aliphatic heterocycles. The highest BCUT2D eigenvalue weighted by Crippen LogP contribution is 2.18. The normalized spacial score (nSPS) is 10.7. The average Bonchev–Trinajstić information content (AvgIpc) is 2.96. The summed E-state index contributed by atoms with van der Waals surface area (Å²) < 4.78 is 15.0. The predicted molar refractivity (Wildman–Crippen MR) is 77.2 cm³/mol. The zero-order valence-electron chi connectivity index (χ0n) is 11.6. The first kappa shape index (κ1) is 14.6. The lowest BCUT2D eigenvalue weighted by Gasteiger charge is -2.04. The number of nitrogens with one attached hydrogen (secondary N) is 1. The molecule has 0 fully saturated rings. The number of carbonyl (C=O) groups is 1. The zero-order chi connectivity index (χ0) is 16.4. The molecule has 23 heavy (non-hydrogen) atoms. The van der Waals surface area contributed by atoms with Crippen LogP contribution in [-0.2, 0) is 6.54 Å². The van der Waals surface area contributed by atoms with Crippen molar-refractivity contribution in [1.29, 1.82) is 0 Å². The van der Waals surface area contributed by atoms with Crippen molar-refractivity contribution in [3.05, 3.63) is 69.9 Å². The van der Waals surface area contributed by atoms with Crippen LogP contribution in [0.1, 0.15) is 16.2 Å². The van der Waals surface area contributed by atoms with Crippen molar-refractivity contribution in [2.75, 3.05) is 0 Å². The minimum Gasteiger partial charge on any atom is -0.345 e. The van der Waals surface area contributed by atoms with Gasteiger partial charge in [0.1, 0.15) is 0 Å². The first-order valence-electron chi connectivity index (χ1n) is 6.57. The van der Waals surface area contributed by atoms with Crippen LogP contribution in [0.5, 0.6) is 0 Å². The first-order valence-corrected chi connectivity index (χ1v) is 6.57. The van der Waals surface area contributed by atoms with Gasteiger partial charge in [-0.15, -0.1) is 10.2 Å². The van der Waals surface area contributed by atoms with Crippen LogP contribution in [0.15, 0.2) is 42.6 Å². The molecule has 3 rings (SSSR count). The Balaban J connectivity index is 1.77. The minimum atomic E-state index is -0.991. The molecule has 1 aromatic carbocycles. The molecule has 1 amide bonds. The molecule has 0 radical (unpaired) electrons. The minimum absolute atomic E-state index is 0.00748. The van der Waals surface area contributed by atoms with E-state index in [1.54, 1.807) is 22.7 Å². The second kappa shape index (κ2) is 5.79. The zero-order valence-corrected chi connectivity index (χ0v) is 11.6. The van der Waals surface area contributed by atoms with Crippen molar-refractivity contribution in [2.24, 2.45) is 0 Å². The molecule has 0 aliphatic rings.